The number of hydrogen-bond donors (Lipinski definition) is 2. The zero-order valence-electron chi connectivity index (χ0n) is 15.4. The van der Waals surface area contributed by atoms with Crippen molar-refractivity contribution in [3.8, 4) is 17.6 Å². The third-order valence-corrected chi connectivity index (χ3v) is 5.92. The number of urea groups is 1. The second-order valence-corrected chi connectivity index (χ2v) is 7.82. The van der Waals surface area contributed by atoms with Crippen LogP contribution in [0.1, 0.15) is 18.9 Å². The molecule has 1 heterocycles. The predicted octanol–water partition coefficient (Wildman–Crippen LogP) is 3.73. The van der Waals surface area contributed by atoms with Crippen LogP contribution in [0.5, 0.6) is 11.5 Å². The number of nitrogens with one attached hydrogen (secondary N) is 1. The molecule has 2 amide bonds. The van der Waals surface area contributed by atoms with Gasteiger partial charge in [0.15, 0.2) is 11.6 Å². The highest BCUT2D eigenvalue weighted by atomic mass is 19.1. The maximum Gasteiger partial charge on any atom is 0.321 e. The number of likely N-dealkylation sites (tertiary alicyclic amines) is 1. The van der Waals surface area contributed by atoms with Crippen molar-refractivity contribution in [1.29, 1.82) is 5.26 Å². The zero-order valence-corrected chi connectivity index (χ0v) is 15.4. The van der Waals surface area contributed by atoms with Gasteiger partial charge in [0.1, 0.15) is 11.8 Å². The van der Waals surface area contributed by atoms with E-state index in [-0.39, 0.29) is 35.0 Å². The van der Waals surface area contributed by atoms with Crippen LogP contribution in [0.25, 0.3) is 0 Å². The van der Waals surface area contributed by atoms with Crippen LogP contribution in [0.2, 0.25) is 0 Å². The number of aliphatic hydroxyl groups excluding tert-OH is 1. The Balaban J connectivity index is 1.44. The molecule has 1 saturated heterocycles. The van der Waals surface area contributed by atoms with Crippen LogP contribution >= 0.6 is 0 Å². The summed E-state index contributed by atoms with van der Waals surface area (Å²) in [7, 11) is 0. The molecular formula is C21H20FN3O3. The van der Waals surface area contributed by atoms with Crippen LogP contribution in [0.3, 0.4) is 0 Å². The second kappa shape index (κ2) is 6.50. The van der Waals surface area contributed by atoms with Crippen molar-refractivity contribution in [2.24, 2.45) is 10.8 Å². The molecule has 2 fully saturated rings. The van der Waals surface area contributed by atoms with E-state index in [1.165, 1.54) is 12.1 Å². The summed E-state index contributed by atoms with van der Waals surface area (Å²) < 4.78 is 19.9. The van der Waals surface area contributed by atoms with Crippen LogP contribution in [-0.2, 0) is 0 Å². The maximum atomic E-state index is 14.4. The Labute approximate surface area is 162 Å². The largest absolute Gasteiger partial charge is 0.453 e. The summed E-state index contributed by atoms with van der Waals surface area (Å²) in [6.45, 7) is 3.22. The molecule has 1 saturated carbocycles. The Kier molecular flexibility index (Phi) is 4.24. The van der Waals surface area contributed by atoms with Crippen molar-refractivity contribution in [3.63, 3.8) is 0 Å². The third-order valence-electron chi connectivity index (χ3n) is 5.92. The number of nitrogens with zero attached hydrogens (tertiary/aromatic N) is 2. The molecule has 2 N–H and O–H groups in total. The van der Waals surface area contributed by atoms with E-state index in [9.17, 15) is 14.3 Å². The second-order valence-electron chi connectivity index (χ2n) is 7.82. The number of carbonyl (C=O) groups excluding carboxylic acids is 1. The maximum absolute atomic E-state index is 14.4. The van der Waals surface area contributed by atoms with Crippen LogP contribution in [-0.4, -0.2) is 35.7 Å². The molecule has 2 aromatic carbocycles. The lowest BCUT2D eigenvalue weighted by Crippen LogP contribution is -2.36. The van der Waals surface area contributed by atoms with Crippen molar-refractivity contribution in [2.75, 3.05) is 25.0 Å². The molecule has 28 heavy (non-hydrogen) atoms. The van der Waals surface area contributed by atoms with Gasteiger partial charge in [0.2, 0.25) is 0 Å². The van der Waals surface area contributed by atoms with E-state index < -0.39 is 5.82 Å². The first-order valence-corrected chi connectivity index (χ1v) is 9.03. The monoisotopic (exact) mass is 381 g/mol. The van der Waals surface area contributed by atoms with Gasteiger partial charge < -0.3 is 20.1 Å². The number of halogens is 1. The quantitative estimate of drug-likeness (QED) is 0.845. The fourth-order valence-corrected chi connectivity index (χ4v) is 4.09. The van der Waals surface area contributed by atoms with Crippen molar-refractivity contribution < 1.29 is 19.0 Å². The number of hydrogen-bond acceptors (Lipinski definition) is 4. The normalized spacial score (nSPS) is 25.0. The lowest BCUT2D eigenvalue weighted by Gasteiger charge is -2.21. The summed E-state index contributed by atoms with van der Waals surface area (Å²) in [5.74, 6) is -0.414. The van der Waals surface area contributed by atoms with Gasteiger partial charge in [0.25, 0.3) is 0 Å². The first-order valence-electron chi connectivity index (χ1n) is 9.03. The molecule has 0 unspecified atom stereocenters. The first-order chi connectivity index (χ1) is 13.4. The molecule has 2 aliphatic rings. The molecule has 7 heteroatoms. The van der Waals surface area contributed by atoms with Crippen molar-refractivity contribution in [3.05, 3.63) is 53.8 Å². The van der Waals surface area contributed by atoms with E-state index in [4.69, 9.17) is 10.00 Å². The predicted molar refractivity (Wildman–Crippen MR) is 100 cm³/mol. The average molecular weight is 381 g/mol. The summed E-state index contributed by atoms with van der Waals surface area (Å²) in [5.41, 5.74) is 0.391. The number of rotatable bonds is 4. The highest BCUT2D eigenvalue weighted by Gasteiger charge is 2.69. The van der Waals surface area contributed by atoms with Gasteiger partial charge in [-0.15, -0.1) is 0 Å². The van der Waals surface area contributed by atoms with E-state index in [0.29, 0.717) is 24.3 Å². The number of piperidine rings is 1. The fourth-order valence-electron chi connectivity index (χ4n) is 4.09. The molecule has 2 atom stereocenters. The van der Waals surface area contributed by atoms with Crippen molar-refractivity contribution in [2.45, 2.75) is 13.3 Å². The molecule has 1 aliphatic carbocycles. The molecule has 0 spiro atoms. The minimum Gasteiger partial charge on any atom is -0.453 e. The van der Waals surface area contributed by atoms with Gasteiger partial charge in [-0.05, 0) is 36.1 Å². The molecule has 0 bridgehead atoms. The highest BCUT2D eigenvalue weighted by molar-refractivity contribution is 5.90. The minimum atomic E-state index is -0.645. The summed E-state index contributed by atoms with van der Waals surface area (Å²) in [6, 6.07) is 12.4. The number of amides is 2. The number of aliphatic hydroxyl groups is 1. The Morgan fingerprint density at radius 3 is 2.79 bits per heavy atom. The fraction of sp³-hybridized carbons (Fsp3) is 0.333. The van der Waals surface area contributed by atoms with E-state index in [1.807, 2.05) is 6.07 Å². The number of ether oxygens (including phenoxy) is 1. The van der Waals surface area contributed by atoms with Gasteiger partial charge in [0, 0.05) is 30.3 Å². The minimum absolute atomic E-state index is 0.0316. The van der Waals surface area contributed by atoms with E-state index in [1.54, 1.807) is 35.2 Å². The molecule has 0 aromatic heterocycles. The number of benzene rings is 2. The first kappa shape index (κ1) is 18.3. The number of para-hydroxylation sites is 1. The van der Waals surface area contributed by atoms with Crippen LogP contribution in [0.15, 0.2) is 42.5 Å². The van der Waals surface area contributed by atoms with Gasteiger partial charge in [-0.25, -0.2) is 9.18 Å². The van der Waals surface area contributed by atoms with Gasteiger partial charge >= 0.3 is 6.03 Å². The lowest BCUT2D eigenvalue weighted by atomic mass is 10.00. The van der Waals surface area contributed by atoms with Crippen LogP contribution < -0.4 is 10.1 Å². The SMILES string of the molecule is C[C@@]12CN(C(=O)Nc3ccc(Oc4ccccc4C#N)c(F)c3)C[C@]1(CO)C2. The van der Waals surface area contributed by atoms with E-state index in [0.717, 1.165) is 6.42 Å². The molecule has 1 aliphatic heterocycles. The topological polar surface area (TPSA) is 85.6 Å². The Hall–Kier alpha value is -3.11. The highest BCUT2D eigenvalue weighted by Crippen LogP contribution is 2.67. The number of anilines is 1. The summed E-state index contributed by atoms with van der Waals surface area (Å²) in [6.07, 6.45) is 0.922. The van der Waals surface area contributed by atoms with Gasteiger partial charge in [-0.1, -0.05) is 19.1 Å². The Morgan fingerprint density at radius 1 is 1.32 bits per heavy atom. The van der Waals surface area contributed by atoms with E-state index in [2.05, 4.69) is 12.2 Å². The summed E-state index contributed by atoms with van der Waals surface area (Å²) >= 11 is 0. The van der Waals surface area contributed by atoms with Crippen LogP contribution in [0, 0.1) is 28.0 Å². The molecule has 4 rings (SSSR count). The molecular weight excluding hydrogens is 361 g/mol. The molecule has 6 nitrogen and oxygen atoms in total. The summed E-state index contributed by atoms with van der Waals surface area (Å²) in [5, 5.41) is 21.4. The molecule has 0 radical (unpaired) electrons. The lowest BCUT2D eigenvalue weighted by molar-refractivity contribution is 0.183. The number of nitriles is 1. The van der Waals surface area contributed by atoms with Crippen molar-refractivity contribution >= 4 is 11.7 Å². The van der Waals surface area contributed by atoms with Gasteiger partial charge in [0.05, 0.1) is 12.2 Å². The Bertz CT molecular complexity index is 989. The number of carbonyl (C=O) groups is 1. The number of fused-ring (bicyclic) bond motifs is 1. The van der Waals surface area contributed by atoms with Crippen molar-refractivity contribution in [1.82, 2.24) is 4.90 Å². The molecule has 2 aromatic rings. The zero-order chi connectivity index (χ0) is 19.9. The standard InChI is InChI=1S/C21H20FN3O3/c1-20-10-21(20,13-26)12-25(11-20)19(27)24-15-6-7-18(16(22)8-15)28-17-5-3-2-4-14(17)9-23/h2-8,26H,10-13H2,1H3,(H,24,27)/t20-,21+/m1/s1. The van der Waals surface area contributed by atoms with Gasteiger partial charge in [-0.2, -0.15) is 5.26 Å². The summed E-state index contributed by atoms with van der Waals surface area (Å²) in [4.78, 5) is 14.2. The molecule has 144 valence electrons. The third kappa shape index (κ3) is 2.96. The Morgan fingerprint density at radius 2 is 2.11 bits per heavy atom. The van der Waals surface area contributed by atoms with Gasteiger partial charge in [-0.3, -0.25) is 0 Å². The average Bonchev–Trinajstić information content (AvgIpc) is 3.15. The van der Waals surface area contributed by atoms with E-state index >= 15 is 0 Å². The van der Waals surface area contributed by atoms with Crippen LogP contribution in [0.4, 0.5) is 14.9 Å². The smallest absolute Gasteiger partial charge is 0.321 e.